The molecule has 2 heterocycles. The maximum Gasteiger partial charge on any atom is 0.277 e. The number of hydrogen-bond donors (Lipinski definition) is 0. The minimum Gasteiger partial charge on any atom is -0.411 e. The van der Waals surface area contributed by atoms with Gasteiger partial charge >= 0.3 is 0 Å². The largest absolute Gasteiger partial charge is 0.411 e. The zero-order chi connectivity index (χ0) is 17.1. The van der Waals surface area contributed by atoms with Gasteiger partial charge < -0.3 is 9.32 Å². The second-order valence-corrected chi connectivity index (χ2v) is 7.41. The molecule has 1 aromatic heterocycles. The molecule has 0 bridgehead atoms. The topological polar surface area (TPSA) is 59.2 Å². The van der Waals surface area contributed by atoms with Gasteiger partial charge in [0, 0.05) is 12.1 Å². The van der Waals surface area contributed by atoms with E-state index in [1.807, 2.05) is 23.1 Å². The Bertz CT molecular complexity index is 711. The fourth-order valence-electron chi connectivity index (χ4n) is 3.12. The third-order valence-electron chi connectivity index (χ3n) is 4.31. The molecule has 0 N–H and O–H groups in total. The van der Waals surface area contributed by atoms with Gasteiger partial charge in [0.1, 0.15) is 0 Å². The van der Waals surface area contributed by atoms with Gasteiger partial charge in [-0.2, -0.15) is 0 Å². The molecule has 2 atom stereocenters. The Balaban J connectivity index is 1.63. The Morgan fingerprint density at radius 3 is 2.71 bits per heavy atom. The lowest BCUT2D eigenvalue weighted by Crippen LogP contribution is -2.48. The molecule has 128 valence electrons. The number of thioether (sulfide) groups is 1. The van der Waals surface area contributed by atoms with Crippen molar-refractivity contribution in [3.05, 3.63) is 29.3 Å². The van der Waals surface area contributed by atoms with Gasteiger partial charge in [-0.15, -0.1) is 10.2 Å². The number of nitrogens with zero attached hydrogens (tertiary/aromatic N) is 3. The highest BCUT2D eigenvalue weighted by molar-refractivity contribution is 7.99. The number of hydrogen-bond acceptors (Lipinski definition) is 5. The summed E-state index contributed by atoms with van der Waals surface area (Å²) in [6, 6.07) is 7.90. The molecule has 0 unspecified atom stereocenters. The first-order chi connectivity index (χ1) is 11.6. The summed E-state index contributed by atoms with van der Waals surface area (Å²) < 4.78 is 5.63. The number of halogens is 1. The number of carbonyl (C=O) groups excluding carboxylic acids is 1. The van der Waals surface area contributed by atoms with Crippen LogP contribution in [-0.2, 0) is 4.79 Å². The maximum absolute atomic E-state index is 12.5. The first-order valence-corrected chi connectivity index (χ1v) is 9.45. The average molecular weight is 366 g/mol. The summed E-state index contributed by atoms with van der Waals surface area (Å²) in [4.78, 5) is 14.5. The molecule has 1 saturated heterocycles. The van der Waals surface area contributed by atoms with Gasteiger partial charge in [0.2, 0.25) is 11.8 Å². The van der Waals surface area contributed by atoms with Crippen LogP contribution in [0.25, 0.3) is 11.5 Å². The molecule has 7 heteroatoms. The van der Waals surface area contributed by atoms with Crippen molar-refractivity contribution in [1.29, 1.82) is 0 Å². The van der Waals surface area contributed by atoms with E-state index in [-0.39, 0.29) is 5.91 Å². The van der Waals surface area contributed by atoms with Crippen LogP contribution in [0.15, 0.2) is 33.9 Å². The lowest BCUT2D eigenvalue weighted by atomic mass is 9.98. The molecule has 3 rings (SSSR count). The van der Waals surface area contributed by atoms with Crippen LogP contribution in [-0.4, -0.2) is 38.8 Å². The van der Waals surface area contributed by atoms with E-state index in [0.29, 0.717) is 39.5 Å². The average Bonchev–Trinajstić information content (AvgIpc) is 3.02. The maximum atomic E-state index is 12.5. The van der Waals surface area contributed by atoms with Crippen molar-refractivity contribution >= 4 is 29.3 Å². The number of amides is 1. The Labute approximate surface area is 150 Å². The van der Waals surface area contributed by atoms with Crippen molar-refractivity contribution in [2.75, 3.05) is 5.75 Å². The standard InChI is InChI=1S/C17H20ClN3O2S/c1-11-6-5-7-12(2)21(11)15(22)10-24-17-20-19-16(23-17)13-8-3-4-9-14(13)18/h3-4,8-9,11-12H,5-7,10H2,1-2H3/t11-,12-/m0/s1. The van der Waals surface area contributed by atoms with Gasteiger partial charge in [0.15, 0.2) is 0 Å². The smallest absolute Gasteiger partial charge is 0.277 e. The number of likely N-dealkylation sites (tertiary alicyclic amines) is 1. The van der Waals surface area contributed by atoms with E-state index in [4.69, 9.17) is 16.0 Å². The fourth-order valence-corrected chi connectivity index (χ4v) is 3.97. The van der Waals surface area contributed by atoms with E-state index < -0.39 is 0 Å². The molecular weight excluding hydrogens is 346 g/mol. The molecular formula is C17H20ClN3O2S. The molecule has 24 heavy (non-hydrogen) atoms. The Morgan fingerprint density at radius 1 is 1.29 bits per heavy atom. The van der Waals surface area contributed by atoms with Crippen molar-refractivity contribution in [1.82, 2.24) is 15.1 Å². The van der Waals surface area contributed by atoms with Crippen LogP contribution < -0.4 is 0 Å². The zero-order valence-electron chi connectivity index (χ0n) is 13.7. The first kappa shape index (κ1) is 17.3. The second kappa shape index (κ2) is 7.57. The van der Waals surface area contributed by atoms with E-state index in [1.165, 1.54) is 18.2 Å². The lowest BCUT2D eigenvalue weighted by molar-refractivity contribution is -0.134. The van der Waals surface area contributed by atoms with Crippen LogP contribution in [0.2, 0.25) is 5.02 Å². The lowest BCUT2D eigenvalue weighted by Gasteiger charge is -2.39. The normalized spacial score (nSPS) is 21.0. The minimum atomic E-state index is 0.122. The van der Waals surface area contributed by atoms with Gasteiger partial charge in [0.05, 0.1) is 16.3 Å². The van der Waals surface area contributed by atoms with Gasteiger partial charge in [-0.1, -0.05) is 35.5 Å². The molecule has 0 aliphatic carbocycles. The van der Waals surface area contributed by atoms with Crippen molar-refractivity contribution < 1.29 is 9.21 Å². The van der Waals surface area contributed by atoms with E-state index in [0.717, 1.165) is 12.8 Å². The molecule has 1 amide bonds. The molecule has 5 nitrogen and oxygen atoms in total. The summed E-state index contributed by atoms with van der Waals surface area (Å²) in [5.41, 5.74) is 0.697. The minimum absolute atomic E-state index is 0.122. The van der Waals surface area contributed by atoms with Gasteiger partial charge in [-0.05, 0) is 45.2 Å². The van der Waals surface area contributed by atoms with E-state index in [1.54, 1.807) is 6.07 Å². The SMILES string of the molecule is C[C@H]1CCC[C@H](C)N1C(=O)CSc1nnc(-c2ccccc2Cl)o1. The number of rotatable bonds is 4. The molecule has 1 aromatic carbocycles. The van der Waals surface area contributed by atoms with E-state index in [2.05, 4.69) is 24.0 Å². The summed E-state index contributed by atoms with van der Waals surface area (Å²) in [6.45, 7) is 4.22. The molecule has 0 radical (unpaired) electrons. The van der Waals surface area contributed by atoms with E-state index >= 15 is 0 Å². The first-order valence-electron chi connectivity index (χ1n) is 8.08. The van der Waals surface area contributed by atoms with Gasteiger partial charge in [-0.3, -0.25) is 4.79 Å². The van der Waals surface area contributed by atoms with E-state index in [9.17, 15) is 4.79 Å². The predicted octanol–water partition coefficient (Wildman–Crippen LogP) is 4.27. The summed E-state index contributed by atoms with van der Waals surface area (Å²) in [5, 5.41) is 8.97. The quantitative estimate of drug-likeness (QED) is 0.757. The highest BCUT2D eigenvalue weighted by Gasteiger charge is 2.29. The molecule has 1 aliphatic heterocycles. The van der Waals surface area contributed by atoms with Crippen molar-refractivity contribution in [3.8, 4) is 11.5 Å². The van der Waals surface area contributed by atoms with Crippen molar-refractivity contribution in [2.24, 2.45) is 0 Å². The molecule has 1 fully saturated rings. The number of piperidine rings is 1. The van der Waals surface area contributed by atoms with Crippen LogP contribution >= 0.6 is 23.4 Å². The zero-order valence-corrected chi connectivity index (χ0v) is 15.3. The van der Waals surface area contributed by atoms with Gasteiger partial charge in [-0.25, -0.2) is 0 Å². The van der Waals surface area contributed by atoms with Crippen molar-refractivity contribution in [2.45, 2.75) is 50.4 Å². The van der Waals surface area contributed by atoms with Crippen LogP contribution in [0, 0.1) is 0 Å². The predicted molar refractivity (Wildman–Crippen MR) is 95.1 cm³/mol. The Kier molecular flexibility index (Phi) is 5.46. The molecule has 0 saturated carbocycles. The molecule has 2 aromatic rings. The monoisotopic (exact) mass is 365 g/mol. The summed E-state index contributed by atoms with van der Waals surface area (Å²) >= 11 is 7.41. The van der Waals surface area contributed by atoms with Crippen LogP contribution in [0.1, 0.15) is 33.1 Å². The van der Waals surface area contributed by atoms with Crippen LogP contribution in [0.4, 0.5) is 0 Å². The third-order valence-corrected chi connectivity index (χ3v) is 5.44. The number of aromatic nitrogens is 2. The number of carbonyl (C=O) groups is 1. The van der Waals surface area contributed by atoms with Crippen LogP contribution in [0.5, 0.6) is 0 Å². The highest BCUT2D eigenvalue weighted by Crippen LogP contribution is 2.29. The Hall–Kier alpha value is -1.53. The number of benzene rings is 1. The molecule has 1 aliphatic rings. The highest BCUT2D eigenvalue weighted by atomic mass is 35.5. The summed E-state index contributed by atoms with van der Waals surface area (Å²) in [7, 11) is 0. The van der Waals surface area contributed by atoms with Crippen molar-refractivity contribution in [3.63, 3.8) is 0 Å². The molecule has 0 spiro atoms. The van der Waals surface area contributed by atoms with Crippen LogP contribution in [0.3, 0.4) is 0 Å². The Morgan fingerprint density at radius 2 is 2.00 bits per heavy atom. The fraction of sp³-hybridized carbons (Fsp3) is 0.471. The summed E-state index contributed by atoms with van der Waals surface area (Å²) in [6.07, 6.45) is 3.32. The summed E-state index contributed by atoms with van der Waals surface area (Å²) in [5.74, 6) is 0.797. The second-order valence-electron chi connectivity index (χ2n) is 6.07. The van der Waals surface area contributed by atoms with Gasteiger partial charge in [0.25, 0.3) is 5.22 Å². The third kappa shape index (κ3) is 3.75.